The zero-order valence-electron chi connectivity index (χ0n) is 21.0. The van der Waals surface area contributed by atoms with Crippen molar-refractivity contribution in [1.29, 1.82) is 0 Å². The summed E-state index contributed by atoms with van der Waals surface area (Å²) in [4.78, 5) is 22.8. The predicted molar refractivity (Wildman–Crippen MR) is 146 cm³/mol. The first-order valence-corrected chi connectivity index (χ1v) is 11.8. The number of aryl methyl sites for hydroxylation is 1. The summed E-state index contributed by atoms with van der Waals surface area (Å²) in [5.74, 6) is 0.569. The van der Waals surface area contributed by atoms with Crippen molar-refractivity contribution in [3.8, 4) is 11.3 Å². The fourth-order valence-corrected chi connectivity index (χ4v) is 3.91. The molecule has 35 heavy (non-hydrogen) atoms. The highest BCUT2D eigenvalue weighted by Gasteiger charge is 2.16. The zero-order chi connectivity index (χ0) is 25.0. The summed E-state index contributed by atoms with van der Waals surface area (Å²) in [6.07, 6.45) is 1.68. The second kappa shape index (κ2) is 10.1. The number of nitrogens with one attached hydrogen (secondary N) is 1. The summed E-state index contributed by atoms with van der Waals surface area (Å²) in [5, 5.41) is 3.27. The quantitative estimate of drug-likeness (QED) is 0.260. The van der Waals surface area contributed by atoms with Gasteiger partial charge in [0.1, 0.15) is 5.84 Å². The van der Waals surface area contributed by atoms with Crippen molar-refractivity contribution in [3.63, 3.8) is 0 Å². The Kier molecular flexibility index (Phi) is 6.97. The van der Waals surface area contributed by atoms with E-state index in [0.29, 0.717) is 17.9 Å². The molecular weight excluding hydrogens is 432 g/mol. The standard InChI is InChI=1S/C30H32N4O/c1-21-12-9-10-17-27(21)32-22(2)34-29(35)26(28(33-34)24-14-7-6-8-15-24)20-31-19-23-13-11-16-25(18-23)30(3,4)5/h6-18,20,33H,19H2,1-5H3. The third kappa shape index (κ3) is 5.57. The molecule has 0 bridgehead atoms. The maximum Gasteiger partial charge on any atom is 0.281 e. The first kappa shape index (κ1) is 24.1. The third-order valence-electron chi connectivity index (χ3n) is 6.00. The van der Waals surface area contributed by atoms with E-state index in [1.54, 1.807) is 6.21 Å². The lowest BCUT2D eigenvalue weighted by Gasteiger charge is -2.19. The van der Waals surface area contributed by atoms with Crippen molar-refractivity contribution >= 4 is 17.7 Å². The van der Waals surface area contributed by atoms with E-state index in [1.165, 1.54) is 10.2 Å². The number of H-pyrrole nitrogens is 1. The minimum atomic E-state index is -0.175. The summed E-state index contributed by atoms with van der Waals surface area (Å²) in [7, 11) is 0. The first-order valence-electron chi connectivity index (χ1n) is 11.8. The van der Waals surface area contributed by atoms with Crippen LogP contribution < -0.4 is 5.56 Å². The molecule has 4 rings (SSSR count). The van der Waals surface area contributed by atoms with Crippen molar-refractivity contribution in [1.82, 2.24) is 9.78 Å². The summed E-state index contributed by atoms with van der Waals surface area (Å²) in [6, 6.07) is 26.2. The molecule has 5 nitrogen and oxygen atoms in total. The van der Waals surface area contributed by atoms with Gasteiger partial charge in [-0.15, -0.1) is 0 Å². The lowest BCUT2D eigenvalue weighted by atomic mass is 9.86. The van der Waals surface area contributed by atoms with Crippen LogP contribution in [0.3, 0.4) is 0 Å². The Morgan fingerprint density at radius 3 is 2.40 bits per heavy atom. The Bertz CT molecular complexity index is 1430. The molecule has 0 unspecified atom stereocenters. The summed E-state index contributed by atoms with van der Waals surface area (Å²) < 4.78 is 1.50. The Morgan fingerprint density at radius 1 is 0.971 bits per heavy atom. The smallest absolute Gasteiger partial charge is 0.281 e. The molecule has 0 fully saturated rings. The summed E-state index contributed by atoms with van der Waals surface area (Å²) in [6.45, 7) is 10.9. The average molecular weight is 465 g/mol. The van der Waals surface area contributed by atoms with E-state index in [4.69, 9.17) is 4.99 Å². The number of aliphatic imine (C=N–C) groups is 2. The van der Waals surface area contributed by atoms with Gasteiger partial charge < -0.3 is 0 Å². The van der Waals surface area contributed by atoms with E-state index in [9.17, 15) is 4.79 Å². The Morgan fingerprint density at radius 2 is 1.69 bits per heavy atom. The van der Waals surface area contributed by atoms with Crippen LogP contribution >= 0.6 is 0 Å². The van der Waals surface area contributed by atoms with Crippen LogP contribution in [0.4, 0.5) is 5.69 Å². The largest absolute Gasteiger partial charge is 0.288 e. The van der Waals surface area contributed by atoms with E-state index >= 15 is 0 Å². The maximum absolute atomic E-state index is 13.5. The Hall–Kier alpha value is -3.99. The van der Waals surface area contributed by atoms with Gasteiger partial charge in [-0.1, -0.05) is 93.6 Å². The van der Waals surface area contributed by atoms with Crippen LogP contribution in [0.15, 0.2) is 93.6 Å². The zero-order valence-corrected chi connectivity index (χ0v) is 21.0. The van der Waals surface area contributed by atoms with E-state index in [0.717, 1.165) is 28.1 Å². The molecule has 5 heteroatoms. The highest BCUT2D eigenvalue weighted by Crippen LogP contribution is 2.23. The lowest BCUT2D eigenvalue weighted by Crippen LogP contribution is -2.24. The van der Waals surface area contributed by atoms with E-state index in [-0.39, 0.29) is 11.0 Å². The molecule has 0 aliphatic rings. The van der Waals surface area contributed by atoms with Crippen LogP contribution in [0, 0.1) is 6.92 Å². The summed E-state index contributed by atoms with van der Waals surface area (Å²) >= 11 is 0. The molecule has 4 aromatic rings. The normalized spacial score (nSPS) is 12.4. The van der Waals surface area contributed by atoms with Crippen molar-refractivity contribution in [2.75, 3.05) is 0 Å². The number of aromatic amines is 1. The van der Waals surface area contributed by atoms with Crippen molar-refractivity contribution < 1.29 is 0 Å². The second-order valence-electron chi connectivity index (χ2n) is 9.77. The van der Waals surface area contributed by atoms with Gasteiger partial charge in [0.25, 0.3) is 5.56 Å². The van der Waals surface area contributed by atoms with E-state index < -0.39 is 0 Å². The Balaban J connectivity index is 1.72. The lowest BCUT2D eigenvalue weighted by molar-refractivity contribution is 0.589. The SMILES string of the molecule is CC(=Nc1ccccc1C)n1[nH]c(-c2ccccc2)c(C=NCc2cccc(C(C)(C)C)c2)c1=O. The topological polar surface area (TPSA) is 62.5 Å². The average Bonchev–Trinajstić information content (AvgIpc) is 3.17. The number of aromatic nitrogens is 2. The molecular formula is C30H32N4O. The first-order chi connectivity index (χ1) is 16.7. The molecule has 0 radical (unpaired) electrons. The molecule has 1 heterocycles. The molecule has 0 saturated heterocycles. The molecule has 0 aliphatic heterocycles. The van der Waals surface area contributed by atoms with Crippen molar-refractivity contribution in [2.45, 2.75) is 46.6 Å². The third-order valence-corrected chi connectivity index (χ3v) is 6.00. The summed E-state index contributed by atoms with van der Waals surface area (Å²) in [5.41, 5.74) is 6.32. The van der Waals surface area contributed by atoms with Gasteiger partial charge in [0, 0.05) is 11.8 Å². The van der Waals surface area contributed by atoms with Gasteiger partial charge in [0.2, 0.25) is 0 Å². The van der Waals surface area contributed by atoms with Crippen LogP contribution in [0.25, 0.3) is 11.3 Å². The van der Waals surface area contributed by atoms with Crippen LogP contribution in [0.1, 0.15) is 49.9 Å². The van der Waals surface area contributed by atoms with Crippen LogP contribution in [0.5, 0.6) is 0 Å². The number of hydrogen-bond donors (Lipinski definition) is 1. The molecule has 3 aromatic carbocycles. The van der Waals surface area contributed by atoms with Gasteiger partial charge >= 0.3 is 0 Å². The maximum atomic E-state index is 13.5. The van der Waals surface area contributed by atoms with E-state index in [1.807, 2.05) is 68.4 Å². The predicted octanol–water partition coefficient (Wildman–Crippen LogP) is 6.67. The number of rotatable bonds is 5. The minimum absolute atomic E-state index is 0.0720. The van der Waals surface area contributed by atoms with Crippen LogP contribution in [-0.2, 0) is 12.0 Å². The fourth-order valence-electron chi connectivity index (χ4n) is 3.91. The number of para-hydroxylation sites is 1. The highest BCUT2D eigenvalue weighted by atomic mass is 16.1. The number of hydrogen-bond acceptors (Lipinski definition) is 3. The van der Waals surface area contributed by atoms with Gasteiger partial charge in [0.15, 0.2) is 0 Å². The molecule has 1 aromatic heterocycles. The van der Waals surface area contributed by atoms with Crippen LogP contribution in [0.2, 0.25) is 0 Å². The monoisotopic (exact) mass is 464 g/mol. The molecule has 1 N–H and O–H groups in total. The van der Waals surface area contributed by atoms with Crippen molar-refractivity contribution in [2.24, 2.45) is 9.98 Å². The van der Waals surface area contributed by atoms with Gasteiger partial charge in [-0.3, -0.25) is 14.9 Å². The molecule has 0 aliphatic carbocycles. The molecule has 0 saturated carbocycles. The van der Waals surface area contributed by atoms with E-state index in [2.05, 4.69) is 55.1 Å². The second-order valence-corrected chi connectivity index (χ2v) is 9.77. The highest BCUT2D eigenvalue weighted by molar-refractivity contribution is 5.92. The van der Waals surface area contributed by atoms with Gasteiger partial charge in [-0.05, 0) is 42.0 Å². The van der Waals surface area contributed by atoms with Gasteiger partial charge in [-0.25, -0.2) is 9.67 Å². The number of benzene rings is 3. The fraction of sp³-hybridized carbons (Fsp3) is 0.233. The molecule has 0 spiro atoms. The Labute approximate surface area is 206 Å². The number of nitrogens with zero attached hydrogens (tertiary/aromatic N) is 3. The van der Waals surface area contributed by atoms with Gasteiger partial charge in [0.05, 0.1) is 23.5 Å². The minimum Gasteiger partial charge on any atom is -0.288 e. The van der Waals surface area contributed by atoms with Crippen LogP contribution in [-0.4, -0.2) is 21.8 Å². The molecule has 0 atom stereocenters. The molecule has 178 valence electrons. The van der Waals surface area contributed by atoms with Gasteiger partial charge in [-0.2, -0.15) is 0 Å². The molecule has 0 amide bonds. The van der Waals surface area contributed by atoms with Crippen molar-refractivity contribution in [3.05, 3.63) is 111 Å².